The SMILES string of the molecule is CCCc1cc(C)[nH]c(=O)c1CNC(=O)c1cc(-c2ccc(C)nc2)cc(NC2CCCC2)c1C=N. The van der Waals surface area contributed by atoms with Gasteiger partial charge >= 0.3 is 0 Å². The van der Waals surface area contributed by atoms with Crippen molar-refractivity contribution in [1.29, 1.82) is 5.41 Å². The number of nitrogens with zero attached hydrogens (tertiary/aromatic N) is 1. The zero-order chi connectivity index (χ0) is 25.7. The lowest BCUT2D eigenvalue weighted by atomic mass is 9.97. The molecule has 0 aliphatic heterocycles. The summed E-state index contributed by atoms with van der Waals surface area (Å²) in [4.78, 5) is 33.4. The molecule has 1 saturated carbocycles. The van der Waals surface area contributed by atoms with Crippen LogP contribution in [0, 0.1) is 19.3 Å². The molecular weight excluding hydrogens is 450 g/mol. The Morgan fingerprint density at radius 1 is 1.17 bits per heavy atom. The van der Waals surface area contributed by atoms with Gasteiger partial charge in [-0.05, 0) is 68.5 Å². The van der Waals surface area contributed by atoms with Crippen LogP contribution in [0.4, 0.5) is 5.69 Å². The number of hydrogen-bond donors (Lipinski definition) is 4. The van der Waals surface area contributed by atoms with Crippen molar-refractivity contribution < 1.29 is 4.79 Å². The molecule has 1 aromatic carbocycles. The molecule has 0 bridgehead atoms. The fourth-order valence-corrected chi connectivity index (χ4v) is 4.95. The van der Waals surface area contributed by atoms with E-state index >= 15 is 0 Å². The number of aromatic nitrogens is 2. The summed E-state index contributed by atoms with van der Waals surface area (Å²) in [6.07, 6.45) is 9.23. The van der Waals surface area contributed by atoms with Gasteiger partial charge in [0.25, 0.3) is 11.5 Å². The van der Waals surface area contributed by atoms with Gasteiger partial charge in [0.05, 0.1) is 5.56 Å². The number of benzene rings is 1. The summed E-state index contributed by atoms with van der Waals surface area (Å²) in [5.74, 6) is -0.313. The van der Waals surface area contributed by atoms with Crippen LogP contribution in [0.2, 0.25) is 0 Å². The third-order valence-corrected chi connectivity index (χ3v) is 6.84. The zero-order valence-corrected chi connectivity index (χ0v) is 21.3. The molecule has 1 aliphatic carbocycles. The Morgan fingerprint density at radius 2 is 1.94 bits per heavy atom. The second kappa shape index (κ2) is 11.3. The number of pyridine rings is 2. The van der Waals surface area contributed by atoms with Crippen LogP contribution in [0.15, 0.2) is 41.3 Å². The topological polar surface area (TPSA) is 111 Å². The van der Waals surface area contributed by atoms with Crippen LogP contribution in [0.25, 0.3) is 11.1 Å². The smallest absolute Gasteiger partial charge is 0.253 e. The van der Waals surface area contributed by atoms with Crippen molar-refractivity contribution >= 4 is 17.8 Å². The summed E-state index contributed by atoms with van der Waals surface area (Å²) in [5.41, 5.74) is 6.59. The Balaban J connectivity index is 1.70. The van der Waals surface area contributed by atoms with Gasteiger partial charge in [-0.25, -0.2) is 0 Å². The maximum absolute atomic E-state index is 13.5. The van der Waals surface area contributed by atoms with Gasteiger partial charge in [0.15, 0.2) is 0 Å². The van der Waals surface area contributed by atoms with E-state index in [0.717, 1.165) is 59.4 Å². The average Bonchev–Trinajstić information content (AvgIpc) is 3.36. The Kier molecular flexibility index (Phi) is 7.98. The molecule has 188 valence electrons. The second-order valence-corrected chi connectivity index (χ2v) is 9.66. The highest BCUT2D eigenvalue weighted by molar-refractivity contribution is 6.06. The van der Waals surface area contributed by atoms with E-state index in [2.05, 4.69) is 27.5 Å². The van der Waals surface area contributed by atoms with Crippen molar-refractivity contribution in [2.75, 3.05) is 5.32 Å². The number of H-pyrrole nitrogens is 1. The first-order chi connectivity index (χ1) is 17.4. The maximum Gasteiger partial charge on any atom is 0.253 e. The summed E-state index contributed by atoms with van der Waals surface area (Å²) in [7, 11) is 0. The van der Waals surface area contributed by atoms with Crippen LogP contribution in [-0.4, -0.2) is 28.1 Å². The minimum atomic E-state index is -0.313. The number of carbonyl (C=O) groups excluding carboxylic acids is 1. The van der Waals surface area contributed by atoms with Gasteiger partial charge in [0, 0.05) is 58.8 Å². The van der Waals surface area contributed by atoms with E-state index in [1.165, 1.54) is 19.1 Å². The molecule has 36 heavy (non-hydrogen) atoms. The second-order valence-electron chi connectivity index (χ2n) is 9.66. The van der Waals surface area contributed by atoms with E-state index in [-0.39, 0.29) is 18.0 Å². The van der Waals surface area contributed by atoms with Crippen molar-refractivity contribution in [2.45, 2.75) is 71.9 Å². The van der Waals surface area contributed by atoms with Crippen molar-refractivity contribution in [3.8, 4) is 11.1 Å². The summed E-state index contributed by atoms with van der Waals surface area (Å²) in [6, 6.07) is 10.1. The molecule has 3 aromatic rings. The number of nitrogens with one attached hydrogen (secondary N) is 4. The van der Waals surface area contributed by atoms with Crippen LogP contribution in [-0.2, 0) is 13.0 Å². The summed E-state index contributed by atoms with van der Waals surface area (Å²) >= 11 is 0. The Bertz CT molecular complexity index is 1300. The van der Waals surface area contributed by atoms with Crippen LogP contribution in [0.3, 0.4) is 0 Å². The number of rotatable bonds is 9. The molecule has 0 saturated heterocycles. The normalized spacial score (nSPS) is 13.5. The predicted octanol–water partition coefficient (Wildman–Crippen LogP) is 5.29. The monoisotopic (exact) mass is 485 g/mol. The van der Waals surface area contributed by atoms with Crippen molar-refractivity contribution in [2.24, 2.45) is 0 Å². The number of hydrogen-bond acceptors (Lipinski definition) is 5. The molecule has 7 nitrogen and oxygen atoms in total. The predicted molar refractivity (Wildman–Crippen MR) is 145 cm³/mol. The third kappa shape index (κ3) is 5.73. The van der Waals surface area contributed by atoms with Crippen molar-refractivity contribution in [1.82, 2.24) is 15.3 Å². The van der Waals surface area contributed by atoms with Crippen molar-refractivity contribution in [3.63, 3.8) is 0 Å². The molecule has 1 aliphatic rings. The molecule has 0 unspecified atom stereocenters. The molecular formula is C29H35N5O2. The standard InChI is InChI=1S/C29H35N5O2/c1-4-7-20-12-19(3)33-29(36)26(20)17-32-28(35)24-13-22(21-11-10-18(2)31-16-21)14-27(25(24)15-30)34-23-8-5-6-9-23/h10-16,23,30,34H,4-9,17H2,1-3H3,(H,32,35)(H,33,36). The zero-order valence-electron chi connectivity index (χ0n) is 21.3. The number of aryl methyl sites for hydroxylation is 3. The van der Waals surface area contributed by atoms with Crippen LogP contribution < -0.4 is 16.2 Å². The van der Waals surface area contributed by atoms with Crippen molar-refractivity contribution in [3.05, 3.63) is 80.5 Å². The summed E-state index contributed by atoms with van der Waals surface area (Å²) < 4.78 is 0. The number of aromatic amines is 1. The maximum atomic E-state index is 13.5. The number of carbonyl (C=O) groups is 1. The molecule has 2 aromatic heterocycles. The molecule has 4 N–H and O–H groups in total. The van der Waals surface area contributed by atoms with E-state index in [0.29, 0.717) is 22.7 Å². The lowest BCUT2D eigenvalue weighted by Crippen LogP contribution is -2.29. The minimum Gasteiger partial charge on any atom is -0.382 e. The molecule has 0 atom stereocenters. The quantitative estimate of drug-likeness (QED) is 0.309. The van der Waals surface area contributed by atoms with Crippen LogP contribution >= 0.6 is 0 Å². The fourth-order valence-electron chi connectivity index (χ4n) is 4.95. The van der Waals surface area contributed by atoms with Gasteiger partial charge < -0.3 is 21.0 Å². The summed E-state index contributed by atoms with van der Waals surface area (Å²) in [6.45, 7) is 6.00. The molecule has 2 heterocycles. The highest BCUT2D eigenvalue weighted by Crippen LogP contribution is 2.31. The minimum absolute atomic E-state index is 0.128. The van der Waals surface area contributed by atoms with E-state index < -0.39 is 0 Å². The first-order valence-corrected chi connectivity index (χ1v) is 12.8. The first-order valence-electron chi connectivity index (χ1n) is 12.8. The largest absolute Gasteiger partial charge is 0.382 e. The summed E-state index contributed by atoms with van der Waals surface area (Å²) in [5, 5.41) is 14.7. The molecule has 4 rings (SSSR count). The van der Waals surface area contributed by atoms with Gasteiger partial charge in [-0.15, -0.1) is 0 Å². The van der Waals surface area contributed by atoms with E-state index in [1.807, 2.05) is 44.2 Å². The lowest BCUT2D eigenvalue weighted by molar-refractivity contribution is 0.0950. The van der Waals surface area contributed by atoms with Crippen LogP contribution in [0.1, 0.15) is 77.5 Å². The third-order valence-electron chi connectivity index (χ3n) is 6.84. The Hall–Kier alpha value is -3.74. The van der Waals surface area contributed by atoms with Gasteiger partial charge in [0.1, 0.15) is 0 Å². The highest BCUT2D eigenvalue weighted by Gasteiger charge is 2.21. The molecule has 7 heteroatoms. The molecule has 1 amide bonds. The van der Waals surface area contributed by atoms with Gasteiger partial charge in [-0.1, -0.05) is 32.3 Å². The van der Waals surface area contributed by atoms with E-state index in [9.17, 15) is 9.59 Å². The number of anilines is 1. The Labute approximate surface area is 212 Å². The van der Waals surface area contributed by atoms with Crippen LogP contribution in [0.5, 0.6) is 0 Å². The number of amides is 1. The highest BCUT2D eigenvalue weighted by atomic mass is 16.1. The molecule has 0 spiro atoms. The van der Waals surface area contributed by atoms with E-state index in [4.69, 9.17) is 5.41 Å². The molecule has 1 fully saturated rings. The average molecular weight is 486 g/mol. The van der Waals surface area contributed by atoms with Gasteiger partial charge in [0.2, 0.25) is 0 Å². The van der Waals surface area contributed by atoms with E-state index in [1.54, 1.807) is 6.20 Å². The van der Waals surface area contributed by atoms with Gasteiger partial charge in [-0.3, -0.25) is 14.6 Å². The van der Waals surface area contributed by atoms with Gasteiger partial charge in [-0.2, -0.15) is 0 Å². The fraction of sp³-hybridized carbons (Fsp3) is 0.379. The molecule has 0 radical (unpaired) electrons. The lowest BCUT2D eigenvalue weighted by Gasteiger charge is -2.20. The Morgan fingerprint density at radius 3 is 2.61 bits per heavy atom. The first kappa shape index (κ1) is 25.4.